The molecule has 0 aromatic rings. The van der Waals surface area contributed by atoms with Crippen molar-refractivity contribution in [2.24, 2.45) is 39.4 Å². The first kappa shape index (κ1) is 28.6. The summed E-state index contributed by atoms with van der Waals surface area (Å²) >= 11 is 0. The molecule has 0 aromatic carbocycles. The Balaban J connectivity index is 1.77. The molecule has 0 spiro atoms. The van der Waals surface area contributed by atoms with Gasteiger partial charge in [-0.3, -0.25) is 14.4 Å². The van der Waals surface area contributed by atoms with Gasteiger partial charge in [-0.25, -0.2) is 0 Å². The van der Waals surface area contributed by atoms with Crippen LogP contribution in [0.4, 0.5) is 0 Å². The molecule has 0 radical (unpaired) electrons. The molecule has 0 aromatic heterocycles. The number of hydrogen-bond donors (Lipinski definition) is 4. The minimum absolute atomic E-state index is 0.00750. The van der Waals surface area contributed by atoms with Crippen LogP contribution in [0.15, 0.2) is 11.6 Å². The van der Waals surface area contributed by atoms with Gasteiger partial charge < -0.3 is 20.4 Å². The van der Waals surface area contributed by atoms with E-state index in [4.69, 9.17) is 0 Å². The molecule has 3 saturated carbocycles. The molecule has 0 aliphatic heterocycles. The van der Waals surface area contributed by atoms with E-state index >= 15 is 0 Å². The lowest BCUT2D eigenvalue weighted by atomic mass is 9.38. The lowest BCUT2D eigenvalue weighted by Gasteiger charge is -2.64. The second kappa shape index (κ2) is 8.30. The third kappa shape index (κ3) is 3.78. The van der Waals surface area contributed by atoms with E-state index in [1.54, 1.807) is 13.8 Å². The van der Waals surface area contributed by atoms with Gasteiger partial charge in [0.1, 0.15) is 17.5 Å². The van der Waals surface area contributed by atoms with E-state index < -0.39 is 56.8 Å². The summed E-state index contributed by atoms with van der Waals surface area (Å²) in [6.07, 6.45) is 1.28. The predicted molar refractivity (Wildman–Crippen MR) is 138 cm³/mol. The third-order valence-electron chi connectivity index (χ3n) is 11.6. The van der Waals surface area contributed by atoms with Crippen molar-refractivity contribution in [3.05, 3.63) is 11.6 Å². The van der Waals surface area contributed by atoms with Crippen LogP contribution in [0, 0.1) is 39.4 Å². The van der Waals surface area contributed by atoms with E-state index in [-0.39, 0.29) is 49.1 Å². The SMILES string of the molecule is CC(C)(O)CCC(=O)[C@](C)(O)[C@H]1[C@H](O)C[C@@]2(C)[C@@H]3CC=C4[C@@H](CC(=O)[C@@H](O)C4(C)C)[C@]3(C)C(=O)C[C@]12C. The van der Waals surface area contributed by atoms with Crippen molar-refractivity contribution >= 4 is 17.3 Å². The number of rotatable bonds is 5. The minimum atomic E-state index is -1.87. The Kier molecular flexibility index (Phi) is 6.41. The molecule has 7 nitrogen and oxygen atoms in total. The van der Waals surface area contributed by atoms with Gasteiger partial charge in [-0.05, 0) is 62.7 Å². The fraction of sp³-hybridized carbons (Fsp3) is 0.833. The molecule has 37 heavy (non-hydrogen) atoms. The largest absolute Gasteiger partial charge is 0.393 e. The maximum atomic E-state index is 14.2. The monoisotopic (exact) mass is 518 g/mol. The summed E-state index contributed by atoms with van der Waals surface area (Å²) < 4.78 is 0. The molecule has 208 valence electrons. The fourth-order valence-corrected chi connectivity index (χ4v) is 9.20. The highest BCUT2D eigenvalue weighted by atomic mass is 16.3. The summed E-state index contributed by atoms with van der Waals surface area (Å²) in [4.78, 5) is 40.4. The molecular weight excluding hydrogens is 472 g/mol. The van der Waals surface area contributed by atoms with Crippen LogP contribution in [0.25, 0.3) is 0 Å². The molecule has 0 saturated heterocycles. The van der Waals surface area contributed by atoms with Gasteiger partial charge in [0.15, 0.2) is 11.6 Å². The van der Waals surface area contributed by atoms with Gasteiger partial charge in [0.05, 0.1) is 11.7 Å². The average molecular weight is 519 g/mol. The fourth-order valence-electron chi connectivity index (χ4n) is 9.20. The van der Waals surface area contributed by atoms with E-state index in [9.17, 15) is 34.8 Å². The van der Waals surface area contributed by atoms with Gasteiger partial charge in [0.25, 0.3) is 0 Å². The number of allylic oxidation sites excluding steroid dienone is 1. The zero-order valence-electron chi connectivity index (χ0n) is 23.7. The van der Waals surface area contributed by atoms with Crippen molar-refractivity contribution in [3.63, 3.8) is 0 Å². The summed E-state index contributed by atoms with van der Waals surface area (Å²) in [5.74, 6) is -2.05. The first-order chi connectivity index (χ1) is 16.7. The number of fused-ring (bicyclic) bond motifs is 5. The van der Waals surface area contributed by atoms with E-state index in [0.29, 0.717) is 12.8 Å². The Morgan fingerprint density at radius 3 is 2.19 bits per heavy atom. The smallest absolute Gasteiger partial charge is 0.164 e. The van der Waals surface area contributed by atoms with Crippen LogP contribution in [0.2, 0.25) is 0 Å². The standard InChI is InChI=1S/C30H46O7/c1-25(2,36)12-11-21(33)30(8,37)23-19(32)14-27(5)20-10-9-16-17(13-18(31)24(35)26(16,3)4)29(20,7)22(34)15-28(23,27)6/h9,17,19-20,23-24,32,35-37H,10-15H2,1-8H3/t17-,19-,20+,23+,24-,27+,28-,29+,30+/m1/s1. The van der Waals surface area contributed by atoms with Gasteiger partial charge >= 0.3 is 0 Å². The molecule has 3 fully saturated rings. The minimum Gasteiger partial charge on any atom is -0.393 e. The third-order valence-corrected chi connectivity index (χ3v) is 11.6. The number of hydrogen-bond acceptors (Lipinski definition) is 7. The van der Waals surface area contributed by atoms with Crippen molar-refractivity contribution in [2.75, 3.05) is 0 Å². The van der Waals surface area contributed by atoms with E-state index in [1.165, 1.54) is 6.92 Å². The summed E-state index contributed by atoms with van der Waals surface area (Å²) in [6.45, 7) is 14.4. The first-order valence-corrected chi connectivity index (χ1v) is 13.8. The predicted octanol–water partition coefficient (Wildman–Crippen LogP) is 3.15. The molecule has 4 aliphatic rings. The molecule has 0 heterocycles. The van der Waals surface area contributed by atoms with Gasteiger partial charge in [0, 0.05) is 36.0 Å². The topological polar surface area (TPSA) is 132 Å². The van der Waals surface area contributed by atoms with Crippen molar-refractivity contribution in [1.82, 2.24) is 0 Å². The highest BCUT2D eigenvalue weighted by molar-refractivity contribution is 5.93. The lowest BCUT2D eigenvalue weighted by molar-refractivity contribution is -0.184. The summed E-state index contributed by atoms with van der Waals surface area (Å²) in [5, 5.41) is 43.9. The van der Waals surface area contributed by atoms with Gasteiger partial charge in [0.2, 0.25) is 0 Å². The van der Waals surface area contributed by atoms with Crippen molar-refractivity contribution in [2.45, 2.75) is 117 Å². The second-order valence-corrected chi connectivity index (χ2v) is 14.6. The van der Waals surface area contributed by atoms with Crippen LogP contribution in [-0.2, 0) is 14.4 Å². The maximum Gasteiger partial charge on any atom is 0.164 e. The van der Waals surface area contributed by atoms with Crippen molar-refractivity contribution in [1.29, 1.82) is 0 Å². The zero-order valence-corrected chi connectivity index (χ0v) is 23.7. The van der Waals surface area contributed by atoms with Crippen molar-refractivity contribution < 1.29 is 34.8 Å². The molecule has 0 unspecified atom stereocenters. The van der Waals surface area contributed by atoms with Crippen LogP contribution < -0.4 is 0 Å². The molecule has 0 bridgehead atoms. The summed E-state index contributed by atoms with van der Waals surface area (Å²) in [7, 11) is 0. The molecular formula is C30H46O7. The maximum absolute atomic E-state index is 14.2. The second-order valence-electron chi connectivity index (χ2n) is 14.6. The van der Waals surface area contributed by atoms with E-state index in [0.717, 1.165) is 5.57 Å². The normalized spacial score (nSPS) is 44.9. The van der Waals surface area contributed by atoms with Crippen LogP contribution in [0.1, 0.15) is 93.9 Å². The zero-order chi connectivity index (χ0) is 28.1. The number of carbonyl (C=O) groups excluding carboxylic acids is 3. The molecule has 4 N–H and O–H groups in total. The molecule has 4 rings (SSSR count). The van der Waals surface area contributed by atoms with Crippen LogP contribution >= 0.6 is 0 Å². The van der Waals surface area contributed by atoms with Gasteiger partial charge in [-0.2, -0.15) is 0 Å². The Bertz CT molecular complexity index is 1050. The van der Waals surface area contributed by atoms with Crippen LogP contribution in [-0.4, -0.2) is 61.2 Å². The summed E-state index contributed by atoms with van der Waals surface area (Å²) in [5.41, 5.74) is -5.00. The number of ketones is 3. The lowest BCUT2D eigenvalue weighted by Crippen LogP contribution is -2.65. The molecule has 0 amide bonds. The Morgan fingerprint density at radius 2 is 1.62 bits per heavy atom. The quantitative estimate of drug-likeness (QED) is 0.411. The Hall–Kier alpha value is -1.41. The number of aliphatic hydroxyl groups is 4. The van der Waals surface area contributed by atoms with Crippen LogP contribution in [0.5, 0.6) is 0 Å². The molecule has 9 atom stereocenters. The van der Waals surface area contributed by atoms with E-state index in [2.05, 4.69) is 13.0 Å². The number of Topliss-reactive ketones (excluding diaryl/α,β-unsaturated/α-hetero) is 3. The highest BCUT2D eigenvalue weighted by Gasteiger charge is 2.74. The van der Waals surface area contributed by atoms with Crippen LogP contribution in [0.3, 0.4) is 0 Å². The summed E-state index contributed by atoms with van der Waals surface area (Å²) in [6, 6.07) is 0. The number of aliphatic hydroxyl groups excluding tert-OH is 2. The van der Waals surface area contributed by atoms with Gasteiger partial charge in [-0.15, -0.1) is 0 Å². The Morgan fingerprint density at radius 1 is 1.03 bits per heavy atom. The first-order valence-electron chi connectivity index (χ1n) is 13.8. The van der Waals surface area contributed by atoms with E-state index in [1.807, 2.05) is 27.7 Å². The molecule has 4 aliphatic carbocycles. The Labute approximate surface area is 220 Å². The average Bonchev–Trinajstić information content (AvgIpc) is 2.96. The van der Waals surface area contributed by atoms with Gasteiger partial charge in [-0.1, -0.05) is 46.3 Å². The number of carbonyl (C=O) groups is 3. The molecule has 7 heteroatoms. The highest BCUT2D eigenvalue weighted by Crippen LogP contribution is 2.74. The van der Waals surface area contributed by atoms with Crippen molar-refractivity contribution in [3.8, 4) is 0 Å².